The summed E-state index contributed by atoms with van der Waals surface area (Å²) >= 11 is 0. The molecule has 1 aromatic heterocycles. The minimum atomic E-state index is 0.196. The van der Waals surface area contributed by atoms with E-state index >= 15 is 0 Å². The maximum absolute atomic E-state index is 8.79. The molecular weight excluding hydrogens is 266 g/mol. The van der Waals surface area contributed by atoms with E-state index < -0.39 is 0 Å². The van der Waals surface area contributed by atoms with Crippen molar-refractivity contribution in [1.29, 1.82) is 0 Å². The van der Waals surface area contributed by atoms with Crippen LogP contribution in [0.3, 0.4) is 0 Å². The van der Waals surface area contributed by atoms with Crippen molar-refractivity contribution in [3.63, 3.8) is 0 Å². The minimum Gasteiger partial charge on any atom is -0.396 e. The summed E-state index contributed by atoms with van der Waals surface area (Å²) in [4.78, 5) is 2.58. The highest BCUT2D eigenvalue weighted by molar-refractivity contribution is 4.91. The number of aromatic nitrogens is 3. The van der Waals surface area contributed by atoms with Crippen LogP contribution in [0.4, 0.5) is 0 Å². The Morgan fingerprint density at radius 2 is 2.14 bits per heavy atom. The van der Waals surface area contributed by atoms with E-state index in [0.717, 1.165) is 31.7 Å². The first-order valence-electron chi connectivity index (χ1n) is 8.21. The van der Waals surface area contributed by atoms with Crippen molar-refractivity contribution in [2.24, 2.45) is 5.92 Å². The molecule has 120 valence electrons. The molecule has 21 heavy (non-hydrogen) atoms. The topological polar surface area (TPSA) is 66.2 Å². The van der Waals surface area contributed by atoms with E-state index in [-0.39, 0.29) is 6.61 Å². The lowest BCUT2D eigenvalue weighted by atomic mass is 10.1. The number of nitrogens with one attached hydrogen (secondary N) is 1. The van der Waals surface area contributed by atoms with Crippen LogP contribution in [-0.4, -0.2) is 57.8 Å². The molecule has 0 aliphatic carbocycles. The number of likely N-dealkylation sites (tertiary alicyclic amines) is 1. The standard InChI is InChI=1S/C15H29N5O/c1-14(12-19-6-3-2-4-7-19)10-16-11-15-13-20(18-17-15)8-5-9-21/h13-14,16,21H,2-12H2,1H3. The van der Waals surface area contributed by atoms with Gasteiger partial charge in [-0.2, -0.15) is 0 Å². The van der Waals surface area contributed by atoms with Gasteiger partial charge in [-0.3, -0.25) is 4.68 Å². The van der Waals surface area contributed by atoms with E-state index in [1.54, 1.807) is 4.68 Å². The maximum atomic E-state index is 8.79. The molecule has 0 saturated carbocycles. The molecule has 0 bridgehead atoms. The monoisotopic (exact) mass is 295 g/mol. The normalized spacial score (nSPS) is 18.0. The Morgan fingerprint density at radius 1 is 1.33 bits per heavy atom. The van der Waals surface area contributed by atoms with Crippen LogP contribution in [0.2, 0.25) is 0 Å². The quantitative estimate of drug-likeness (QED) is 0.708. The second kappa shape index (κ2) is 9.12. The molecule has 1 atom stereocenters. The molecule has 0 amide bonds. The van der Waals surface area contributed by atoms with Crippen molar-refractivity contribution < 1.29 is 5.11 Å². The van der Waals surface area contributed by atoms with Gasteiger partial charge in [-0.15, -0.1) is 5.10 Å². The Kier molecular flexibility index (Phi) is 7.12. The van der Waals surface area contributed by atoms with Crippen molar-refractivity contribution in [1.82, 2.24) is 25.2 Å². The van der Waals surface area contributed by atoms with Gasteiger partial charge in [0.25, 0.3) is 0 Å². The number of rotatable bonds is 9. The van der Waals surface area contributed by atoms with E-state index in [0.29, 0.717) is 5.92 Å². The van der Waals surface area contributed by atoms with Crippen LogP contribution in [0.5, 0.6) is 0 Å². The highest BCUT2D eigenvalue weighted by Crippen LogP contribution is 2.10. The molecule has 1 fully saturated rings. The third-order valence-corrected chi connectivity index (χ3v) is 3.95. The number of hydrogen-bond donors (Lipinski definition) is 2. The van der Waals surface area contributed by atoms with Crippen molar-refractivity contribution in [3.05, 3.63) is 11.9 Å². The molecule has 6 nitrogen and oxygen atoms in total. The van der Waals surface area contributed by atoms with Crippen LogP contribution in [-0.2, 0) is 13.1 Å². The van der Waals surface area contributed by atoms with Gasteiger partial charge in [0.05, 0.1) is 5.69 Å². The van der Waals surface area contributed by atoms with Gasteiger partial charge in [0.1, 0.15) is 0 Å². The fourth-order valence-corrected chi connectivity index (χ4v) is 2.86. The Balaban J connectivity index is 1.60. The first kappa shape index (κ1) is 16.4. The number of aliphatic hydroxyl groups is 1. The zero-order valence-electron chi connectivity index (χ0n) is 13.2. The zero-order valence-corrected chi connectivity index (χ0v) is 13.2. The van der Waals surface area contributed by atoms with Crippen LogP contribution in [0.1, 0.15) is 38.3 Å². The Labute approximate surface area is 127 Å². The maximum Gasteiger partial charge on any atom is 0.0964 e. The van der Waals surface area contributed by atoms with Crippen molar-refractivity contribution in [2.75, 3.05) is 32.8 Å². The molecule has 1 aliphatic heterocycles. The minimum absolute atomic E-state index is 0.196. The molecule has 1 aromatic rings. The van der Waals surface area contributed by atoms with Gasteiger partial charge in [-0.05, 0) is 44.8 Å². The molecule has 2 N–H and O–H groups in total. The lowest BCUT2D eigenvalue weighted by Gasteiger charge is -2.29. The zero-order chi connectivity index (χ0) is 14.9. The third-order valence-electron chi connectivity index (χ3n) is 3.95. The number of nitrogens with zero attached hydrogens (tertiary/aromatic N) is 4. The van der Waals surface area contributed by atoms with E-state index in [1.807, 2.05) is 6.20 Å². The average Bonchev–Trinajstić information content (AvgIpc) is 2.94. The summed E-state index contributed by atoms with van der Waals surface area (Å²) in [6.07, 6.45) is 6.80. The highest BCUT2D eigenvalue weighted by atomic mass is 16.3. The van der Waals surface area contributed by atoms with Crippen LogP contribution < -0.4 is 5.32 Å². The summed E-state index contributed by atoms with van der Waals surface area (Å²) < 4.78 is 1.80. The van der Waals surface area contributed by atoms with Gasteiger partial charge in [-0.1, -0.05) is 18.6 Å². The van der Waals surface area contributed by atoms with Crippen molar-refractivity contribution >= 4 is 0 Å². The predicted molar refractivity (Wildman–Crippen MR) is 82.9 cm³/mol. The van der Waals surface area contributed by atoms with Gasteiger partial charge < -0.3 is 15.3 Å². The fraction of sp³-hybridized carbons (Fsp3) is 0.867. The van der Waals surface area contributed by atoms with Crippen LogP contribution in [0.25, 0.3) is 0 Å². The summed E-state index contributed by atoms with van der Waals surface area (Å²) in [7, 11) is 0. The SMILES string of the molecule is CC(CNCc1cn(CCCO)nn1)CN1CCCCC1. The summed E-state index contributed by atoms with van der Waals surface area (Å²) in [6.45, 7) is 8.74. The summed E-state index contributed by atoms with van der Waals surface area (Å²) in [6, 6.07) is 0. The largest absolute Gasteiger partial charge is 0.396 e. The van der Waals surface area contributed by atoms with E-state index in [4.69, 9.17) is 5.11 Å². The molecule has 1 unspecified atom stereocenters. The van der Waals surface area contributed by atoms with Crippen molar-refractivity contribution in [2.45, 2.75) is 45.7 Å². The average molecular weight is 295 g/mol. The van der Waals surface area contributed by atoms with Gasteiger partial charge >= 0.3 is 0 Å². The first-order valence-corrected chi connectivity index (χ1v) is 8.21. The highest BCUT2D eigenvalue weighted by Gasteiger charge is 2.13. The van der Waals surface area contributed by atoms with Crippen molar-refractivity contribution in [3.8, 4) is 0 Å². The van der Waals surface area contributed by atoms with Gasteiger partial charge in [0.15, 0.2) is 0 Å². The summed E-state index contributed by atoms with van der Waals surface area (Å²) in [5, 5.41) is 20.5. The first-order chi connectivity index (χ1) is 10.3. The predicted octanol–water partition coefficient (Wildman–Crippen LogP) is 0.872. The molecule has 2 rings (SSSR count). The Hall–Kier alpha value is -0.980. The molecule has 0 spiro atoms. The Morgan fingerprint density at radius 3 is 2.90 bits per heavy atom. The third kappa shape index (κ3) is 6.11. The molecule has 1 aliphatic rings. The van der Waals surface area contributed by atoms with E-state index in [9.17, 15) is 0 Å². The molecule has 0 radical (unpaired) electrons. The number of hydrogen-bond acceptors (Lipinski definition) is 5. The molecule has 2 heterocycles. The molecule has 1 saturated heterocycles. The van der Waals surface area contributed by atoms with Gasteiger partial charge in [0.2, 0.25) is 0 Å². The second-order valence-electron chi connectivity index (χ2n) is 6.15. The second-order valence-corrected chi connectivity index (χ2v) is 6.15. The number of aliphatic hydroxyl groups excluding tert-OH is 1. The van der Waals surface area contributed by atoms with Crippen LogP contribution in [0, 0.1) is 5.92 Å². The van der Waals surface area contributed by atoms with E-state index in [2.05, 4.69) is 27.5 Å². The lowest BCUT2D eigenvalue weighted by molar-refractivity contribution is 0.199. The number of aryl methyl sites for hydroxylation is 1. The van der Waals surface area contributed by atoms with E-state index in [1.165, 1.54) is 38.9 Å². The lowest BCUT2D eigenvalue weighted by Crippen LogP contribution is -2.36. The number of piperidine rings is 1. The summed E-state index contributed by atoms with van der Waals surface area (Å²) in [5.41, 5.74) is 0.970. The van der Waals surface area contributed by atoms with Gasteiger partial charge in [-0.25, -0.2) is 0 Å². The van der Waals surface area contributed by atoms with Crippen LogP contribution >= 0.6 is 0 Å². The smallest absolute Gasteiger partial charge is 0.0964 e. The summed E-state index contributed by atoms with van der Waals surface area (Å²) in [5.74, 6) is 0.660. The fourth-order valence-electron chi connectivity index (χ4n) is 2.86. The molecule has 0 aromatic carbocycles. The Bertz CT molecular complexity index is 389. The molecule has 6 heteroatoms. The van der Waals surface area contributed by atoms with Crippen LogP contribution in [0.15, 0.2) is 6.20 Å². The van der Waals surface area contributed by atoms with Gasteiger partial charge in [0, 0.05) is 32.4 Å². The molecular formula is C15H29N5O.